The van der Waals surface area contributed by atoms with Crippen molar-refractivity contribution in [2.75, 3.05) is 50.6 Å². The van der Waals surface area contributed by atoms with Gasteiger partial charge in [-0.15, -0.1) is 0 Å². The molecule has 3 aromatic heterocycles. The molecule has 3 saturated heterocycles. The molecule has 13 nitrogen and oxygen atoms in total. The number of hydrogen-bond donors (Lipinski definition) is 2. The Hall–Kier alpha value is -5.87. The van der Waals surface area contributed by atoms with Crippen LogP contribution in [0.2, 0.25) is 0 Å². The Bertz CT molecular complexity index is 2360. The highest BCUT2D eigenvalue weighted by Crippen LogP contribution is 2.43. The number of aromatic nitrogens is 4. The van der Waals surface area contributed by atoms with Crippen LogP contribution in [0.3, 0.4) is 0 Å². The van der Waals surface area contributed by atoms with Gasteiger partial charge in [0.1, 0.15) is 11.8 Å². The van der Waals surface area contributed by atoms with E-state index in [9.17, 15) is 14.4 Å². The van der Waals surface area contributed by atoms with E-state index in [0.29, 0.717) is 46.9 Å². The third-order valence-electron chi connectivity index (χ3n) is 12.8. The van der Waals surface area contributed by atoms with Crippen LogP contribution < -0.4 is 20.3 Å². The van der Waals surface area contributed by atoms with Crippen molar-refractivity contribution in [2.45, 2.75) is 82.6 Å². The highest BCUT2D eigenvalue weighted by molar-refractivity contribution is 6.06. The standard InChI is InChI=1S/C24H30N4O2.C21H21N5O2/c1-27-11-7-24(8-12-27)9-13-28(14-10-24)21-4-2-3-17-19(15-25-16-20(17)21)18-5-6-22(29)26-23(18)30;1-28-20-9-18-16(13-26(25-18)17-5-3-2-4-6-17)8-19(20)24-21(27)15-7-14(10-22)11-23-12-15/h2-4,15-16,18H,5-14H2,1H3,(H,26,29,30);7-9,11-13,17H,2-6H2,1H3,(H,24,27). The molecule has 58 heavy (non-hydrogen) atoms. The van der Waals surface area contributed by atoms with Gasteiger partial charge in [0.25, 0.3) is 5.91 Å². The van der Waals surface area contributed by atoms with E-state index in [2.05, 4.69) is 60.3 Å². The molecule has 6 heterocycles. The summed E-state index contributed by atoms with van der Waals surface area (Å²) in [6.07, 6.45) is 20.8. The first-order chi connectivity index (χ1) is 28.2. The van der Waals surface area contributed by atoms with Gasteiger partial charge in [0, 0.05) is 73.0 Å². The molecule has 3 aliphatic heterocycles. The number of nitrogens with zero attached hydrogens (tertiary/aromatic N) is 7. The number of ether oxygens (including phenoxy) is 1. The largest absolute Gasteiger partial charge is 0.494 e. The molecule has 0 bridgehead atoms. The van der Waals surface area contributed by atoms with E-state index in [1.165, 1.54) is 82.2 Å². The lowest BCUT2D eigenvalue weighted by atomic mass is 9.71. The first-order valence-electron chi connectivity index (χ1n) is 20.6. The number of amides is 3. The van der Waals surface area contributed by atoms with Crippen LogP contribution in [0.5, 0.6) is 5.75 Å². The lowest BCUT2D eigenvalue weighted by Gasteiger charge is -2.47. The number of nitrogens with one attached hydrogen (secondary N) is 2. The molecule has 1 spiro atoms. The predicted octanol–water partition coefficient (Wildman–Crippen LogP) is 7.14. The van der Waals surface area contributed by atoms with Gasteiger partial charge < -0.3 is 19.9 Å². The number of hydrogen-bond acceptors (Lipinski definition) is 10. The fourth-order valence-corrected chi connectivity index (χ4v) is 9.25. The number of carbonyl (C=O) groups excluding carboxylic acids is 3. The van der Waals surface area contributed by atoms with Crippen molar-refractivity contribution in [3.05, 3.63) is 84.1 Å². The van der Waals surface area contributed by atoms with E-state index in [4.69, 9.17) is 15.1 Å². The van der Waals surface area contributed by atoms with Gasteiger partial charge in [0.05, 0.1) is 41.4 Å². The van der Waals surface area contributed by atoms with E-state index in [1.54, 1.807) is 13.3 Å². The normalized spacial score (nSPS) is 19.9. The number of carbonyl (C=O) groups is 3. The Morgan fingerprint density at radius 3 is 2.43 bits per heavy atom. The van der Waals surface area contributed by atoms with E-state index in [0.717, 1.165) is 53.2 Å². The van der Waals surface area contributed by atoms with Gasteiger partial charge in [0.2, 0.25) is 11.8 Å². The molecule has 5 aromatic rings. The fraction of sp³-hybridized carbons (Fsp3) is 0.444. The second kappa shape index (κ2) is 16.9. The first-order valence-corrected chi connectivity index (χ1v) is 20.6. The Kier molecular flexibility index (Phi) is 11.4. The third-order valence-corrected chi connectivity index (χ3v) is 12.8. The molecule has 300 valence electrons. The van der Waals surface area contributed by atoms with Crippen LogP contribution in [-0.2, 0) is 9.59 Å². The summed E-state index contributed by atoms with van der Waals surface area (Å²) < 4.78 is 7.51. The number of imide groups is 1. The molecule has 13 heteroatoms. The molecular formula is C45H51N9O4. The molecule has 2 N–H and O–H groups in total. The van der Waals surface area contributed by atoms with Gasteiger partial charge in [-0.1, -0.05) is 31.4 Å². The molecule has 9 rings (SSSR count). The minimum absolute atomic E-state index is 0.179. The lowest BCUT2D eigenvalue weighted by Crippen LogP contribution is -2.46. The fourth-order valence-electron chi connectivity index (χ4n) is 9.25. The average Bonchev–Trinajstić information content (AvgIpc) is 3.68. The van der Waals surface area contributed by atoms with Gasteiger partial charge in [-0.25, -0.2) is 0 Å². The summed E-state index contributed by atoms with van der Waals surface area (Å²) in [5.74, 6) is -0.492. The van der Waals surface area contributed by atoms with Crippen LogP contribution >= 0.6 is 0 Å². The maximum Gasteiger partial charge on any atom is 0.257 e. The summed E-state index contributed by atoms with van der Waals surface area (Å²) in [5, 5.41) is 22.2. The van der Waals surface area contributed by atoms with Crippen molar-refractivity contribution in [3.8, 4) is 11.8 Å². The SMILES string of the molecule is CN1CCC2(CC1)CCN(c1cccc3c(C4CCC(=O)NC4=O)cncc13)CC2.COc1cc2nn(C3CCCCC3)cc2cc1NC(=O)c1cncc(C#N)c1. The summed E-state index contributed by atoms with van der Waals surface area (Å²) >= 11 is 0. The summed E-state index contributed by atoms with van der Waals surface area (Å²) in [4.78, 5) is 50.0. The van der Waals surface area contributed by atoms with Gasteiger partial charge in [-0.2, -0.15) is 10.4 Å². The quantitative estimate of drug-likeness (QED) is 0.170. The minimum Gasteiger partial charge on any atom is -0.494 e. The Morgan fingerprint density at radius 2 is 1.69 bits per heavy atom. The summed E-state index contributed by atoms with van der Waals surface area (Å²) in [6, 6.07) is 14.0. The van der Waals surface area contributed by atoms with Gasteiger partial charge in [-0.3, -0.25) is 34.4 Å². The van der Waals surface area contributed by atoms with E-state index < -0.39 is 0 Å². The van der Waals surface area contributed by atoms with Crippen molar-refractivity contribution in [2.24, 2.45) is 5.41 Å². The zero-order chi connectivity index (χ0) is 40.2. The van der Waals surface area contributed by atoms with E-state index >= 15 is 0 Å². The summed E-state index contributed by atoms with van der Waals surface area (Å²) in [5.41, 5.74) is 4.73. The molecule has 1 unspecified atom stereocenters. The Morgan fingerprint density at radius 1 is 0.931 bits per heavy atom. The number of anilines is 2. The predicted molar refractivity (Wildman–Crippen MR) is 223 cm³/mol. The highest BCUT2D eigenvalue weighted by atomic mass is 16.5. The minimum atomic E-state index is -0.345. The molecule has 1 atom stereocenters. The van der Waals surface area contributed by atoms with Crippen LogP contribution in [0.25, 0.3) is 21.7 Å². The monoisotopic (exact) mass is 781 g/mol. The number of piperidine rings is 3. The summed E-state index contributed by atoms with van der Waals surface area (Å²) in [7, 11) is 3.79. The van der Waals surface area contributed by atoms with E-state index in [-0.39, 0.29) is 23.6 Å². The number of likely N-dealkylation sites (tertiary alicyclic amines) is 1. The molecular weight excluding hydrogens is 731 g/mol. The van der Waals surface area contributed by atoms with Gasteiger partial charge in [0.15, 0.2) is 0 Å². The molecule has 2 aromatic carbocycles. The van der Waals surface area contributed by atoms with Gasteiger partial charge in [-0.05, 0) is 99.6 Å². The average molecular weight is 782 g/mol. The maximum absolute atomic E-state index is 12.6. The van der Waals surface area contributed by atoms with Crippen molar-refractivity contribution >= 4 is 50.8 Å². The van der Waals surface area contributed by atoms with E-state index in [1.807, 2.05) is 30.6 Å². The maximum atomic E-state index is 12.6. The summed E-state index contributed by atoms with van der Waals surface area (Å²) in [6.45, 7) is 4.58. The second-order valence-electron chi connectivity index (χ2n) is 16.4. The van der Waals surface area contributed by atoms with Crippen molar-refractivity contribution in [1.29, 1.82) is 5.26 Å². The van der Waals surface area contributed by atoms with Crippen molar-refractivity contribution in [1.82, 2.24) is 30.0 Å². The molecule has 0 radical (unpaired) electrons. The van der Waals surface area contributed by atoms with Crippen LogP contribution in [-0.4, -0.2) is 82.7 Å². The molecule has 1 aliphatic carbocycles. The zero-order valence-electron chi connectivity index (χ0n) is 33.4. The number of nitriles is 1. The topological polar surface area (TPSA) is 158 Å². The second-order valence-corrected chi connectivity index (χ2v) is 16.4. The molecule has 4 fully saturated rings. The number of methoxy groups -OCH3 is 1. The van der Waals surface area contributed by atoms with Crippen LogP contribution in [0, 0.1) is 16.7 Å². The number of benzene rings is 2. The number of pyridine rings is 2. The third kappa shape index (κ3) is 8.25. The van der Waals surface area contributed by atoms with Gasteiger partial charge >= 0.3 is 0 Å². The molecule has 3 amide bonds. The van der Waals surface area contributed by atoms with Crippen molar-refractivity contribution in [3.63, 3.8) is 0 Å². The van der Waals surface area contributed by atoms with Crippen molar-refractivity contribution < 1.29 is 19.1 Å². The molecule has 1 saturated carbocycles. The number of rotatable bonds is 6. The van der Waals surface area contributed by atoms with Crippen LogP contribution in [0.15, 0.2) is 67.4 Å². The molecule has 4 aliphatic rings. The lowest BCUT2D eigenvalue weighted by molar-refractivity contribution is -0.134. The number of fused-ring (bicyclic) bond motifs is 2. The highest BCUT2D eigenvalue weighted by Gasteiger charge is 2.37. The van der Waals surface area contributed by atoms with Crippen LogP contribution in [0.1, 0.15) is 104 Å². The van der Waals surface area contributed by atoms with Crippen LogP contribution in [0.4, 0.5) is 11.4 Å². The Balaban J connectivity index is 0.000000162. The smallest absolute Gasteiger partial charge is 0.257 e. The Labute approximate surface area is 338 Å². The zero-order valence-corrected chi connectivity index (χ0v) is 33.4. The first kappa shape index (κ1) is 39.0.